The number of ether oxygens (including phenoxy) is 2. The summed E-state index contributed by atoms with van der Waals surface area (Å²) < 4.78 is 11.1. The number of nitrogens with one attached hydrogen (secondary N) is 1. The van der Waals surface area contributed by atoms with E-state index in [0.717, 1.165) is 50.3 Å². The van der Waals surface area contributed by atoms with Crippen molar-refractivity contribution in [1.29, 1.82) is 0 Å². The van der Waals surface area contributed by atoms with E-state index in [-0.39, 0.29) is 0 Å². The molecule has 1 aromatic rings. The van der Waals surface area contributed by atoms with E-state index in [1.54, 1.807) is 6.20 Å². The fraction of sp³-hybridized carbons (Fsp3) is 0.706. The summed E-state index contributed by atoms with van der Waals surface area (Å²) in [5, 5.41) is 3.50. The van der Waals surface area contributed by atoms with Crippen LogP contribution >= 0.6 is 0 Å². The fourth-order valence-electron chi connectivity index (χ4n) is 2.03. The molecule has 0 saturated carbocycles. The highest BCUT2D eigenvalue weighted by Gasteiger charge is 2.09. The van der Waals surface area contributed by atoms with E-state index >= 15 is 0 Å². The van der Waals surface area contributed by atoms with Crippen molar-refractivity contribution in [2.24, 2.45) is 0 Å². The van der Waals surface area contributed by atoms with Gasteiger partial charge in [-0.15, -0.1) is 0 Å². The first-order valence-corrected chi connectivity index (χ1v) is 8.21. The molecule has 1 N–H and O–H groups in total. The smallest absolute Gasteiger partial charge is 0.137 e. The van der Waals surface area contributed by atoms with E-state index in [1.807, 2.05) is 12.1 Å². The Balaban J connectivity index is 2.32. The second kappa shape index (κ2) is 11.5. The Morgan fingerprint density at radius 2 is 1.95 bits per heavy atom. The fourth-order valence-corrected chi connectivity index (χ4v) is 2.03. The molecule has 1 heterocycles. The molecule has 0 fully saturated rings. The molecule has 0 aliphatic rings. The van der Waals surface area contributed by atoms with Crippen LogP contribution in [0.25, 0.3) is 0 Å². The van der Waals surface area contributed by atoms with Gasteiger partial charge in [-0.3, -0.25) is 4.98 Å². The summed E-state index contributed by atoms with van der Waals surface area (Å²) in [5.74, 6) is 0.809. The third-order valence-electron chi connectivity index (χ3n) is 3.30. The minimum absolute atomic E-state index is 0.330. The summed E-state index contributed by atoms with van der Waals surface area (Å²) in [6.07, 6.45) is 6.25. The average Bonchev–Trinajstić information content (AvgIpc) is 2.53. The Hall–Kier alpha value is -1.13. The largest absolute Gasteiger partial charge is 0.490 e. The van der Waals surface area contributed by atoms with Crippen LogP contribution in [0.5, 0.6) is 5.75 Å². The normalized spacial score (nSPS) is 12.3. The highest BCUT2D eigenvalue weighted by Crippen LogP contribution is 2.17. The molecule has 0 radical (unpaired) electrons. The van der Waals surface area contributed by atoms with Gasteiger partial charge in [0.1, 0.15) is 12.4 Å². The highest BCUT2D eigenvalue weighted by atomic mass is 16.5. The molecule has 1 aromatic heterocycles. The summed E-state index contributed by atoms with van der Waals surface area (Å²) in [5.41, 5.74) is 1.08. The van der Waals surface area contributed by atoms with Crippen molar-refractivity contribution in [2.45, 2.75) is 52.5 Å². The van der Waals surface area contributed by atoms with Gasteiger partial charge in [-0.1, -0.05) is 27.2 Å². The van der Waals surface area contributed by atoms with Crippen LogP contribution in [0, 0.1) is 0 Å². The van der Waals surface area contributed by atoms with Crippen LogP contribution in [-0.4, -0.2) is 31.3 Å². The quantitative estimate of drug-likeness (QED) is 0.597. The summed E-state index contributed by atoms with van der Waals surface area (Å²) in [7, 11) is 0. The molecule has 0 amide bonds. The van der Waals surface area contributed by atoms with E-state index < -0.39 is 0 Å². The lowest BCUT2D eigenvalue weighted by atomic mass is 10.1. The molecule has 0 saturated heterocycles. The number of hydrogen-bond acceptors (Lipinski definition) is 4. The topological polar surface area (TPSA) is 43.4 Å². The van der Waals surface area contributed by atoms with Crippen molar-refractivity contribution in [3.05, 3.63) is 24.0 Å². The van der Waals surface area contributed by atoms with Gasteiger partial charge in [0.25, 0.3) is 0 Å². The van der Waals surface area contributed by atoms with E-state index in [4.69, 9.17) is 9.47 Å². The number of rotatable bonds is 12. The van der Waals surface area contributed by atoms with Crippen LogP contribution in [0.15, 0.2) is 18.3 Å². The van der Waals surface area contributed by atoms with Gasteiger partial charge in [-0.05, 0) is 37.9 Å². The van der Waals surface area contributed by atoms with Gasteiger partial charge in [0.15, 0.2) is 0 Å². The Kier molecular flexibility index (Phi) is 9.83. The number of nitrogens with zero attached hydrogens (tertiary/aromatic N) is 1. The molecule has 4 nitrogen and oxygen atoms in total. The summed E-state index contributed by atoms with van der Waals surface area (Å²) >= 11 is 0. The Bertz CT molecular complexity index is 354. The number of aromatic nitrogens is 1. The molecule has 4 heteroatoms. The van der Waals surface area contributed by atoms with Gasteiger partial charge in [-0.2, -0.15) is 0 Å². The molecular weight excluding hydrogens is 264 g/mol. The van der Waals surface area contributed by atoms with E-state index in [0.29, 0.717) is 19.3 Å². The van der Waals surface area contributed by atoms with Crippen LogP contribution < -0.4 is 10.1 Å². The van der Waals surface area contributed by atoms with E-state index in [9.17, 15) is 0 Å². The monoisotopic (exact) mass is 294 g/mol. The summed E-state index contributed by atoms with van der Waals surface area (Å²) in [6.45, 7) is 9.56. The molecule has 0 aromatic carbocycles. The number of hydrogen-bond donors (Lipinski definition) is 1. The lowest BCUT2D eigenvalue weighted by Crippen LogP contribution is -2.22. The summed E-state index contributed by atoms with van der Waals surface area (Å²) in [4.78, 5) is 4.50. The zero-order valence-corrected chi connectivity index (χ0v) is 13.7. The second-order valence-corrected chi connectivity index (χ2v) is 5.15. The van der Waals surface area contributed by atoms with E-state index in [1.165, 1.54) is 0 Å². The maximum atomic E-state index is 5.63. The molecule has 0 bridgehead atoms. The zero-order chi connectivity index (χ0) is 15.3. The van der Waals surface area contributed by atoms with Gasteiger partial charge in [-0.25, -0.2) is 0 Å². The lowest BCUT2D eigenvalue weighted by molar-refractivity contribution is 0.0979. The molecular formula is C17H30N2O2. The predicted molar refractivity (Wildman–Crippen MR) is 86.8 cm³/mol. The van der Waals surface area contributed by atoms with Gasteiger partial charge in [0.2, 0.25) is 0 Å². The highest BCUT2D eigenvalue weighted by molar-refractivity contribution is 5.21. The van der Waals surface area contributed by atoms with Gasteiger partial charge in [0, 0.05) is 12.6 Å². The van der Waals surface area contributed by atoms with Crippen molar-refractivity contribution < 1.29 is 9.47 Å². The Labute approximate surface area is 129 Å². The lowest BCUT2D eigenvalue weighted by Gasteiger charge is -2.16. The van der Waals surface area contributed by atoms with Crippen molar-refractivity contribution >= 4 is 0 Å². The molecule has 120 valence electrons. The molecule has 21 heavy (non-hydrogen) atoms. The molecule has 0 aliphatic carbocycles. The first-order chi connectivity index (χ1) is 10.3. The first kappa shape index (κ1) is 17.9. The van der Waals surface area contributed by atoms with E-state index in [2.05, 4.69) is 31.1 Å². The van der Waals surface area contributed by atoms with Gasteiger partial charge >= 0.3 is 0 Å². The van der Waals surface area contributed by atoms with Gasteiger partial charge in [0.05, 0.1) is 18.5 Å². The van der Waals surface area contributed by atoms with Crippen LogP contribution in [0.4, 0.5) is 0 Å². The van der Waals surface area contributed by atoms with Crippen LogP contribution in [0.3, 0.4) is 0 Å². The Morgan fingerprint density at radius 3 is 2.57 bits per heavy atom. The Morgan fingerprint density at radius 1 is 1.10 bits per heavy atom. The minimum Gasteiger partial charge on any atom is -0.490 e. The predicted octanol–water partition coefficient (Wildman–Crippen LogP) is 3.73. The molecule has 1 rings (SSSR count). The van der Waals surface area contributed by atoms with Crippen LogP contribution in [-0.2, 0) is 4.74 Å². The van der Waals surface area contributed by atoms with Crippen LogP contribution in [0.1, 0.15) is 58.2 Å². The standard InChI is InChI=1S/C17H30N2O2/c1-4-7-11-20-12-13-21-15-8-9-17(19-14-15)16(6-3)18-10-5-2/h8-9,14,16,18H,4-7,10-13H2,1-3H3. The van der Waals surface area contributed by atoms with Crippen molar-refractivity contribution in [3.8, 4) is 5.75 Å². The van der Waals surface area contributed by atoms with Crippen molar-refractivity contribution in [2.75, 3.05) is 26.4 Å². The number of unbranched alkanes of at least 4 members (excludes halogenated alkanes) is 1. The molecule has 1 atom stereocenters. The molecule has 1 unspecified atom stereocenters. The number of pyridine rings is 1. The van der Waals surface area contributed by atoms with Gasteiger partial charge < -0.3 is 14.8 Å². The maximum absolute atomic E-state index is 5.63. The average molecular weight is 294 g/mol. The van der Waals surface area contributed by atoms with Crippen molar-refractivity contribution in [1.82, 2.24) is 10.3 Å². The second-order valence-electron chi connectivity index (χ2n) is 5.15. The maximum Gasteiger partial charge on any atom is 0.137 e. The van der Waals surface area contributed by atoms with Crippen molar-refractivity contribution in [3.63, 3.8) is 0 Å². The SMILES string of the molecule is CCCCOCCOc1ccc(C(CC)NCCC)nc1. The minimum atomic E-state index is 0.330. The third kappa shape index (κ3) is 7.44. The summed E-state index contributed by atoms with van der Waals surface area (Å²) in [6, 6.07) is 4.37. The zero-order valence-electron chi connectivity index (χ0n) is 13.7. The third-order valence-corrected chi connectivity index (χ3v) is 3.30. The first-order valence-electron chi connectivity index (χ1n) is 8.21. The van der Waals surface area contributed by atoms with Crippen LogP contribution in [0.2, 0.25) is 0 Å². The molecule has 0 aliphatic heterocycles. The molecule has 0 spiro atoms.